The zero-order valence-corrected chi connectivity index (χ0v) is 17.0. The van der Waals surface area contributed by atoms with Crippen molar-refractivity contribution >= 4 is 34.9 Å². The number of alkyl halides is 3. The third-order valence-corrected chi connectivity index (χ3v) is 4.95. The fraction of sp³-hybridized carbons (Fsp3) is 0.300. The molecule has 1 amide bonds. The average Bonchev–Trinajstić information content (AvgIpc) is 3.48. The van der Waals surface area contributed by atoms with E-state index in [1.807, 2.05) is 0 Å². The summed E-state index contributed by atoms with van der Waals surface area (Å²) >= 11 is 12.1. The highest BCUT2D eigenvalue weighted by Gasteiger charge is 2.34. The van der Waals surface area contributed by atoms with Gasteiger partial charge in [-0.1, -0.05) is 58.7 Å². The van der Waals surface area contributed by atoms with Crippen LogP contribution in [0, 0.1) is 5.92 Å². The molecule has 0 radical (unpaired) electrons. The Kier molecular flexibility index (Phi) is 7.10. The van der Waals surface area contributed by atoms with E-state index in [0.717, 1.165) is 25.0 Å². The van der Waals surface area contributed by atoms with E-state index >= 15 is 0 Å². The molecule has 5 nitrogen and oxygen atoms in total. The summed E-state index contributed by atoms with van der Waals surface area (Å²) in [5.74, 6) is -1.17. The molecule has 1 N–H and O–H groups in total. The highest BCUT2D eigenvalue weighted by Crippen LogP contribution is 2.36. The number of amides is 1. The molecule has 1 aliphatic rings. The summed E-state index contributed by atoms with van der Waals surface area (Å²) < 4.78 is 42.7. The van der Waals surface area contributed by atoms with Gasteiger partial charge in [0.05, 0.1) is 22.0 Å². The fourth-order valence-corrected chi connectivity index (χ4v) is 2.95. The lowest BCUT2D eigenvalue weighted by molar-refractivity contribution is -0.274. The van der Waals surface area contributed by atoms with E-state index in [1.54, 1.807) is 30.3 Å². The van der Waals surface area contributed by atoms with Crippen LogP contribution in [0.2, 0.25) is 10.0 Å². The third-order valence-electron chi connectivity index (χ3n) is 4.15. The Labute approximate surface area is 180 Å². The molecule has 30 heavy (non-hydrogen) atoms. The van der Waals surface area contributed by atoms with Crippen molar-refractivity contribution in [2.75, 3.05) is 6.61 Å². The summed E-state index contributed by atoms with van der Waals surface area (Å²) in [5, 5.41) is 6.02. The molecule has 1 saturated carbocycles. The lowest BCUT2D eigenvalue weighted by Gasteiger charge is -2.17. The van der Waals surface area contributed by atoms with Crippen molar-refractivity contribution in [2.24, 2.45) is 11.1 Å². The first kappa shape index (κ1) is 22.2. The zero-order valence-electron chi connectivity index (χ0n) is 15.5. The number of oxime groups is 1. The van der Waals surface area contributed by atoms with Gasteiger partial charge in [0, 0.05) is 0 Å². The number of hydrogen-bond acceptors (Lipinski definition) is 4. The van der Waals surface area contributed by atoms with Gasteiger partial charge in [-0.15, -0.1) is 13.2 Å². The second-order valence-electron chi connectivity index (χ2n) is 6.67. The Bertz CT molecular complexity index is 933. The minimum atomic E-state index is -4.99. The van der Waals surface area contributed by atoms with Crippen LogP contribution in [-0.2, 0) is 16.1 Å². The average molecular weight is 461 g/mol. The second kappa shape index (κ2) is 9.57. The maximum absolute atomic E-state index is 12.9. The molecule has 1 aliphatic carbocycles. The van der Waals surface area contributed by atoms with Gasteiger partial charge >= 0.3 is 6.36 Å². The van der Waals surface area contributed by atoms with Gasteiger partial charge in [-0.25, -0.2) is 0 Å². The minimum Gasteiger partial charge on any atom is -0.405 e. The number of rotatable bonds is 7. The van der Waals surface area contributed by atoms with Crippen LogP contribution in [0.15, 0.2) is 47.6 Å². The van der Waals surface area contributed by atoms with Crippen LogP contribution in [0.5, 0.6) is 5.75 Å². The van der Waals surface area contributed by atoms with Crippen molar-refractivity contribution in [3.63, 3.8) is 0 Å². The highest BCUT2D eigenvalue weighted by atomic mass is 35.5. The van der Waals surface area contributed by atoms with Crippen molar-refractivity contribution in [1.82, 2.24) is 5.32 Å². The zero-order chi connectivity index (χ0) is 21.7. The largest absolute Gasteiger partial charge is 0.573 e. The summed E-state index contributed by atoms with van der Waals surface area (Å²) in [7, 11) is 0. The first-order chi connectivity index (χ1) is 14.2. The van der Waals surface area contributed by atoms with Crippen LogP contribution in [-0.4, -0.2) is 24.7 Å². The molecule has 0 spiro atoms. The van der Waals surface area contributed by atoms with E-state index in [1.165, 1.54) is 0 Å². The van der Waals surface area contributed by atoms with E-state index < -0.39 is 18.0 Å². The molecule has 2 aromatic rings. The van der Waals surface area contributed by atoms with Crippen molar-refractivity contribution in [3.05, 3.63) is 63.6 Å². The normalized spacial score (nSPS) is 14.4. The van der Waals surface area contributed by atoms with Gasteiger partial charge in [-0.3, -0.25) is 4.79 Å². The van der Waals surface area contributed by atoms with Crippen molar-refractivity contribution in [1.29, 1.82) is 0 Å². The Morgan fingerprint density at radius 3 is 2.47 bits per heavy atom. The quantitative estimate of drug-likeness (QED) is 0.344. The fourth-order valence-electron chi connectivity index (χ4n) is 2.54. The molecule has 0 heterocycles. The Morgan fingerprint density at radius 1 is 1.13 bits per heavy atom. The standard InChI is InChI=1S/C20H17Cl2F3N2O3/c21-14-8-9-15(30-20(23,24)25)17(18(14)22)19(27-29-11-13-6-7-13)26-16(28)10-12-4-2-1-3-5-12/h1-5,8-9,13H,6-7,10-11H2,(H,26,27,28). The molecule has 2 aromatic carbocycles. The molecule has 0 aromatic heterocycles. The van der Waals surface area contributed by atoms with Crippen LogP contribution in [0.25, 0.3) is 0 Å². The predicted octanol–water partition coefficient (Wildman–Crippen LogP) is 5.34. The number of ether oxygens (including phenoxy) is 1. The van der Waals surface area contributed by atoms with Crippen molar-refractivity contribution < 1.29 is 27.5 Å². The smallest absolute Gasteiger partial charge is 0.405 e. The molecule has 0 atom stereocenters. The number of carbonyl (C=O) groups excluding carboxylic acids is 1. The Balaban J connectivity index is 1.91. The number of hydrogen-bond donors (Lipinski definition) is 1. The first-order valence-electron chi connectivity index (χ1n) is 9.01. The van der Waals surface area contributed by atoms with Gasteiger partial charge in [-0.05, 0) is 36.5 Å². The number of amidine groups is 1. The van der Waals surface area contributed by atoms with E-state index in [-0.39, 0.29) is 34.5 Å². The van der Waals surface area contributed by atoms with E-state index in [2.05, 4.69) is 15.2 Å². The summed E-state index contributed by atoms with van der Waals surface area (Å²) in [4.78, 5) is 17.8. The molecule has 0 unspecified atom stereocenters. The molecule has 10 heteroatoms. The van der Waals surface area contributed by atoms with E-state index in [9.17, 15) is 18.0 Å². The number of benzene rings is 2. The predicted molar refractivity (Wildman–Crippen MR) is 107 cm³/mol. The lowest BCUT2D eigenvalue weighted by Crippen LogP contribution is -2.34. The van der Waals surface area contributed by atoms with Gasteiger partial charge in [-0.2, -0.15) is 0 Å². The van der Waals surface area contributed by atoms with Gasteiger partial charge in [0.25, 0.3) is 0 Å². The summed E-state index contributed by atoms with van der Waals surface area (Å²) in [6, 6.07) is 11.0. The maximum Gasteiger partial charge on any atom is 0.573 e. The Morgan fingerprint density at radius 2 is 1.83 bits per heavy atom. The van der Waals surface area contributed by atoms with Gasteiger partial charge < -0.3 is 14.9 Å². The first-order valence-corrected chi connectivity index (χ1v) is 9.76. The van der Waals surface area contributed by atoms with Gasteiger partial charge in [0.2, 0.25) is 5.91 Å². The topological polar surface area (TPSA) is 59.9 Å². The van der Waals surface area contributed by atoms with Crippen LogP contribution in [0.1, 0.15) is 24.0 Å². The number of halogens is 5. The van der Waals surface area contributed by atoms with Gasteiger partial charge in [0.15, 0.2) is 5.84 Å². The van der Waals surface area contributed by atoms with Crippen molar-refractivity contribution in [3.8, 4) is 5.75 Å². The summed E-state index contributed by atoms with van der Waals surface area (Å²) in [6.45, 7) is 0.270. The molecule has 3 rings (SSSR count). The monoisotopic (exact) mass is 460 g/mol. The second-order valence-corrected chi connectivity index (χ2v) is 7.46. The van der Waals surface area contributed by atoms with Crippen LogP contribution in [0.3, 0.4) is 0 Å². The highest BCUT2D eigenvalue weighted by molar-refractivity contribution is 6.44. The molecular formula is C20H17Cl2F3N2O3. The number of carbonyl (C=O) groups is 1. The number of nitrogens with zero attached hydrogens (tertiary/aromatic N) is 1. The maximum atomic E-state index is 12.9. The van der Waals surface area contributed by atoms with Gasteiger partial charge in [0.1, 0.15) is 12.4 Å². The van der Waals surface area contributed by atoms with E-state index in [0.29, 0.717) is 11.5 Å². The number of nitrogens with one attached hydrogen (secondary N) is 1. The van der Waals surface area contributed by atoms with Crippen LogP contribution < -0.4 is 10.1 Å². The van der Waals surface area contributed by atoms with Crippen LogP contribution >= 0.6 is 23.2 Å². The molecule has 1 fully saturated rings. The minimum absolute atomic E-state index is 0.0316. The SMILES string of the molecule is O=C(Cc1ccccc1)NC(=NOCC1CC1)c1c(OC(F)(F)F)ccc(Cl)c1Cl. The molecular weight excluding hydrogens is 444 g/mol. The lowest BCUT2D eigenvalue weighted by atomic mass is 10.1. The Hall–Kier alpha value is -2.45. The molecule has 0 bridgehead atoms. The molecule has 0 aliphatic heterocycles. The van der Waals surface area contributed by atoms with Crippen molar-refractivity contribution in [2.45, 2.75) is 25.6 Å². The molecule has 0 saturated heterocycles. The van der Waals surface area contributed by atoms with Crippen LogP contribution in [0.4, 0.5) is 13.2 Å². The third kappa shape index (κ3) is 6.53. The summed E-state index contributed by atoms with van der Waals surface area (Å²) in [5.41, 5.74) is 0.385. The molecule has 160 valence electrons. The summed E-state index contributed by atoms with van der Waals surface area (Å²) in [6.07, 6.45) is -3.06. The van der Waals surface area contributed by atoms with E-state index in [4.69, 9.17) is 28.0 Å².